The lowest BCUT2D eigenvalue weighted by Gasteiger charge is -2.16. The molecule has 1 unspecified atom stereocenters. The van der Waals surface area contributed by atoms with Gasteiger partial charge in [0.2, 0.25) is 5.91 Å². The second-order valence-electron chi connectivity index (χ2n) is 5.07. The highest BCUT2D eigenvalue weighted by molar-refractivity contribution is 7.87. The van der Waals surface area contributed by atoms with Gasteiger partial charge in [0.25, 0.3) is 0 Å². The van der Waals surface area contributed by atoms with Gasteiger partial charge in [-0.1, -0.05) is 12.1 Å². The van der Waals surface area contributed by atoms with Gasteiger partial charge in [-0.2, -0.15) is 13.5 Å². The fraction of sp³-hybridized carbons (Fsp3) is 0.308. The molecule has 1 aromatic carbocycles. The Balaban J connectivity index is 1.74. The van der Waals surface area contributed by atoms with Gasteiger partial charge in [-0.15, -0.1) is 3.89 Å². The molecule has 1 saturated heterocycles. The molecule has 0 radical (unpaired) electrons. The predicted molar refractivity (Wildman–Crippen MR) is 76.4 cm³/mol. The highest BCUT2D eigenvalue weighted by Crippen LogP contribution is 2.26. The lowest BCUT2D eigenvalue weighted by atomic mass is 10.2. The summed E-state index contributed by atoms with van der Waals surface area (Å²) in [6, 6.07) is 7.03. The Morgan fingerprint density at radius 2 is 2.00 bits per heavy atom. The van der Waals surface area contributed by atoms with Crippen molar-refractivity contribution in [1.29, 1.82) is 0 Å². The Hall–Kier alpha value is -2.29. The van der Waals surface area contributed by atoms with Crippen molar-refractivity contribution in [3.63, 3.8) is 0 Å². The molecule has 0 aliphatic carbocycles. The van der Waals surface area contributed by atoms with Crippen molar-refractivity contribution in [2.45, 2.75) is 18.2 Å². The summed E-state index contributed by atoms with van der Waals surface area (Å²) in [4.78, 5) is 17.0. The molecule has 0 N–H and O–H groups in total. The number of aromatic nitrogens is 3. The average molecular weight is 324 g/mol. The molecule has 1 amide bonds. The minimum absolute atomic E-state index is 0.153. The van der Waals surface area contributed by atoms with E-state index < -0.39 is 21.4 Å². The Morgan fingerprint density at radius 1 is 1.27 bits per heavy atom. The molecular weight excluding hydrogens is 311 g/mol. The summed E-state index contributed by atoms with van der Waals surface area (Å²) in [5, 5.41) is 2.71. The summed E-state index contributed by atoms with van der Waals surface area (Å²) in [6.07, 6.45) is 2.71. The molecule has 3 rings (SSSR count). The largest absolute Gasteiger partial charge is 0.311 e. The molecular formula is C13H13FN4O3S. The maximum atomic E-state index is 13.0. The number of nitrogens with zero attached hydrogens (tertiary/aromatic N) is 4. The summed E-state index contributed by atoms with van der Waals surface area (Å²) in [5.74, 6) is -0.393. The van der Waals surface area contributed by atoms with Crippen molar-refractivity contribution in [3.8, 4) is 0 Å². The maximum absolute atomic E-state index is 13.0. The van der Waals surface area contributed by atoms with E-state index in [-0.39, 0.29) is 13.0 Å². The van der Waals surface area contributed by atoms with Crippen LogP contribution in [-0.4, -0.2) is 40.9 Å². The number of hydrogen-bond donors (Lipinski definition) is 0. The molecule has 2 aromatic rings. The Kier molecular flexibility index (Phi) is 3.65. The van der Waals surface area contributed by atoms with Crippen LogP contribution in [-0.2, 0) is 21.6 Å². The lowest BCUT2D eigenvalue weighted by Crippen LogP contribution is -2.26. The molecule has 9 heteroatoms. The quantitative estimate of drug-likeness (QED) is 0.774. The third kappa shape index (κ3) is 2.98. The smallest absolute Gasteiger partial charge is 0.307 e. The van der Waals surface area contributed by atoms with E-state index in [1.165, 1.54) is 11.2 Å². The predicted octanol–water partition coefficient (Wildman–Crippen LogP) is 0.731. The highest BCUT2D eigenvalue weighted by Gasteiger charge is 2.38. The summed E-state index contributed by atoms with van der Waals surface area (Å²) < 4.78 is 36.5. The minimum Gasteiger partial charge on any atom is -0.311 e. The summed E-state index contributed by atoms with van der Waals surface area (Å²) in [5.41, 5.74) is 1.51. The Bertz CT molecular complexity index is 774. The van der Waals surface area contributed by atoms with Crippen LogP contribution in [0.1, 0.15) is 12.0 Å². The Morgan fingerprint density at radius 3 is 2.55 bits per heavy atom. The zero-order valence-corrected chi connectivity index (χ0v) is 12.3. The Labute approximate surface area is 126 Å². The van der Waals surface area contributed by atoms with Crippen LogP contribution in [0.25, 0.3) is 0 Å². The van der Waals surface area contributed by atoms with Crippen molar-refractivity contribution in [3.05, 3.63) is 42.5 Å². The third-order valence-electron chi connectivity index (χ3n) is 3.55. The zero-order chi connectivity index (χ0) is 15.7. The van der Waals surface area contributed by atoms with Crippen LogP contribution in [0.4, 0.5) is 9.57 Å². The number of halogens is 1. The van der Waals surface area contributed by atoms with Crippen molar-refractivity contribution < 1.29 is 17.1 Å². The molecule has 0 spiro atoms. The van der Waals surface area contributed by atoms with Crippen molar-refractivity contribution in [2.24, 2.45) is 0 Å². The number of carbonyl (C=O) groups excluding carboxylic acids is 1. The first kappa shape index (κ1) is 14.6. The lowest BCUT2D eigenvalue weighted by molar-refractivity contribution is -0.117. The second kappa shape index (κ2) is 5.48. The monoisotopic (exact) mass is 324 g/mol. The van der Waals surface area contributed by atoms with Gasteiger partial charge in [0.1, 0.15) is 17.9 Å². The van der Waals surface area contributed by atoms with Crippen LogP contribution >= 0.6 is 0 Å². The molecule has 1 fully saturated rings. The standard InChI is InChI=1S/C13H13FN4O3S/c14-22(20,21)12-5-13(19)18(7-12)11-3-1-10(2-4-11)6-17-9-15-8-16-17/h1-4,8-9,12H,5-7H2. The first-order chi connectivity index (χ1) is 10.4. The fourth-order valence-corrected chi connectivity index (χ4v) is 3.06. The van der Waals surface area contributed by atoms with E-state index in [2.05, 4.69) is 10.1 Å². The molecule has 2 heterocycles. The van der Waals surface area contributed by atoms with Gasteiger partial charge in [0, 0.05) is 18.7 Å². The number of rotatable bonds is 4. The summed E-state index contributed by atoms with van der Waals surface area (Å²) >= 11 is 0. The molecule has 1 aromatic heterocycles. The van der Waals surface area contributed by atoms with Gasteiger partial charge in [-0.3, -0.25) is 4.79 Å². The van der Waals surface area contributed by atoms with Crippen LogP contribution < -0.4 is 4.90 Å². The number of hydrogen-bond acceptors (Lipinski definition) is 5. The van der Waals surface area contributed by atoms with E-state index in [9.17, 15) is 17.1 Å². The zero-order valence-electron chi connectivity index (χ0n) is 11.5. The number of benzene rings is 1. The van der Waals surface area contributed by atoms with Gasteiger partial charge in [-0.05, 0) is 17.7 Å². The van der Waals surface area contributed by atoms with E-state index in [1.54, 1.807) is 23.1 Å². The van der Waals surface area contributed by atoms with Crippen LogP contribution in [0.15, 0.2) is 36.9 Å². The topological polar surface area (TPSA) is 85.2 Å². The SMILES string of the molecule is O=C1CC(S(=O)(=O)F)CN1c1ccc(Cn2cncn2)cc1. The number of anilines is 1. The van der Waals surface area contributed by atoms with Gasteiger partial charge in [0.05, 0.1) is 6.54 Å². The highest BCUT2D eigenvalue weighted by atomic mass is 32.3. The van der Waals surface area contributed by atoms with Crippen LogP contribution in [0.5, 0.6) is 0 Å². The van der Waals surface area contributed by atoms with E-state index in [0.717, 1.165) is 5.56 Å². The van der Waals surface area contributed by atoms with E-state index in [0.29, 0.717) is 12.2 Å². The van der Waals surface area contributed by atoms with E-state index in [4.69, 9.17) is 0 Å². The molecule has 1 aliphatic heterocycles. The van der Waals surface area contributed by atoms with Crippen LogP contribution in [0.2, 0.25) is 0 Å². The molecule has 7 nitrogen and oxygen atoms in total. The van der Waals surface area contributed by atoms with Crippen molar-refractivity contribution in [2.75, 3.05) is 11.4 Å². The first-order valence-electron chi connectivity index (χ1n) is 6.58. The number of carbonyl (C=O) groups is 1. The molecule has 22 heavy (non-hydrogen) atoms. The van der Waals surface area contributed by atoms with Crippen molar-refractivity contribution >= 4 is 21.8 Å². The van der Waals surface area contributed by atoms with Gasteiger partial charge < -0.3 is 4.90 Å². The molecule has 0 bridgehead atoms. The second-order valence-corrected chi connectivity index (χ2v) is 6.68. The molecule has 1 atom stereocenters. The molecule has 0 saturated carbocycles. The average Bonchev–Trinajstić information content (AvgIpc) is 3.09. The maximum Gasteiger partial charge on any atom is 0.307 e. The third-order valence-corrected chi connectivity index (χ3v) is 4.66. The summed E-state index contributed by atoms with van der Waals surface area (Å²) in [6.45, 7) is 0.385. The van der Waals surface area contributed by atoms with Gasteiger partial charge in [-0.25, -0.2) is 9.67 Å². The minimum atomic E-state index is -4.70. The molecule has 116 valence electrons. The molecule has 1 aliphatic rings. The van der Waals surface area contributed by atoms with E-state index >= 15 is 0 Å². The summed E-state index contributed by atoms with van der Waals surface area (Å²) in [7, 11) is -4.70. The van der Waals surface area contributed by atoms with Crippen LogP contribution in [0, 0.1) is 0 Å². The first-order valence-corrected chi connectivity index (χ1v) is 8.03. The normalized spacial score (nSPS) is 18.9. The van der Waals surface area contributed by atoms with E-state index in [1.807, 2.05) is 12.1 Å². The van der Waals surface area contributed by atoms with Gasteiger partial charge in [0.15, 0.2) is 0 Å². The van der Waals surface area contributed by atoms with Crippen molar-refractivity contribution in [1.82, 2.24) is 14.8 Å². The number of amides is 1. The fourth-order valence-electron chi connectivity index (χ4n) is 2.40. The van der Waals surface area contributed by atoms with Crippen LogP contribution in [0.3, 0.4) is 0 Å². The van der Waals surface area contributed by atoms with Gasteiger partial charge >= 0.3 is 10.2 Å².